The third-order valence-electron chi connectivity index (χ3n) is 4.45. The molecule has 0 bridgehead atoms. The molecule has 0 amide bonds. The summed E-state index contributed by atoms with van der Waals surface area (Å²) in [5, 5.41) is 9.58. The maximum Gasteiger partial charge on any atom is 0.331 e. The number of unbranched alkanes of at least 4 members (excludes halogenated alkanes) is 4. The van der Waals surface area contributed by atoms with Gasteiger partial charge in [-0.2, -0.15) is 0 Å². The normalized spacial score (nSPS) is 15.0. The molecule has 2 nitrogen and oxygen atoms in total. The fourth-order valence-electron chi connectivity index (χ4n) is 2.92. The molecule has 0 aliphatic carbocycles. The Bertz CT molecular complexity index is 294. The van der Waals surface area contributed by atoms with E-state index < -0.39 is 5.97 Å². The molecule has 0 fully saturated rings. The first kappa shape index (κ1) is 20.2. The zero-order valence-corrected chi connectivity index (χ0v) is 14.7. The van der Waals surface area contributed by atoms with Crippen molar-refractivity contribution in [2.75, 3.05) is 0 Å². The van der Waals surface area contributed by atoms with E-state index in [1.165, 1.54) is 32.1 Å². The first-order chi connectivity index (χ1) is 10.1. The van der Waals surface area contributed by atoms with Crippen molar-refractivity contribution in [3.8, 4) is 0 Å². The van der Waals surface area contributed by atoms with Gasteiger partial charge in [0, 0.05) is 5.57 Å². The molecule has 0 saturated carbocycles. The maximum absolute atomic E-state index is 11.6. The molecule has 0 rings (SSSR count). The Labute approximate surface area is 132 Å². The molecule has 2 atom stereocenters. The van der Waals surface area contributed by atoms with Crippen LogP contribution in [0, 0.1) is 11.8 Å². The molecule has 0 spiro atoms. The summed E-state index contributed by atoms with van der Waals surface area (Å²) in [4.78, 5) is 11.6. The van der Waals surface area contributed by atoms with Gasteiger partial charge in [-0.15, -0.1) is 0 Å². The molecule has 1 N–H and O–H groups in total. The Morgan fingerprint density at radius 1 is 0.905 bits per heavy atom. The van der Waals surface area contributed by atoms with Gasteiger partial charge in [0.25, 0.3) is 0 Å². The minimum Gasteiger partial charge on any atom is -0.478 e. The molecule has 0 aliphatic heterocycles. The van der Waals surface area contributed by atoms with Crippen molar-refractivity contribution in [1.29, 1.82) is 0 Å². The first-order valence-corrected chi connectivity index (χ1v) is 9.05. The second-order valence-corrected chi connectivity index (χ2v) is 6.19. The van der Waals surface area contributed by atoms with Gasteiger partial charge in [-0.25, -0.2) is 4.79 Å². The summed E-state index contributed by atoms with van der Waals surface area (Å²) < 4.78 is 0. The second-order valence-electron chi connectivity index (χ2n) is 6.19. The van der Waals surface area contributed by atoms with E-state index in [4.69, 9.17) is 0 Å². The molecule has 2 unspecified atom stereocenters. The standard InChI is InChI=1S/C19H36O2/c1-5-9-11-13-16(7-3)15-18(19(20)21)17(8-4)14-12-10-6-2/h15-17H,5-14H2,1-4H3,(H,20,21)/b18-15-. The van der Waals surface area contributed by atoms with E-state index in [2.05, 4.69) is 33.8 Å². The van der Waals surface area contributed by atoms with Crippen LogP contribution in [0.3, 0.4) is 0 Å². The lowest BCUT2D eigenvalue weighted by Gasteiger charge is -2.19. The molecular weight excluding hydrogens is 260 g/mol. The van der Waals surface area contributed by atoms with E-state index in [-0.39, 0.29) is 5.92 Å². The van der Waals surface area contributed by atoms with Crippen LogP contribution in [0.25, 0.3) is 0 Å². The number of carbonyl (C=O) groups is 1. The summed E-state index contributed by atoms with van der Waals surface area (Å²) >= 11 is 0. The Morgan fingerprint density at radius 2 is 1.48 bits per heavy atom. The number of rotatable bonds is 13. The van der Waals surface area contributed by atoms with Gasteiger partial charge in [0.05, 0.1) is 0 Å². The fraction of sp³-hybridized carbons (Fsp3) is 0.842. The summed E-state index contributed by atoms with van der Waals surface area (Å²) in [7, 11) is 0. The maximum atomic E-state index is 11.6. The van der Waals surface area contributed by atoms with Crippen LogP contribution in [0.4, 0.5) is 0 Å². The zero-order valence-electron chi connectivity index (χ0n) is 14.7. The lowest BCUT2D eigenvalue weighted by Crippen LogP contribution is -2.14. The van der Waals surface area contributed by atoms with Gasteiger partial charge in [-0.05, 0) is 37.5 Å². The highest BCUT2D eigenvalue weighted by Gasteiger charge is 2.20. The Morgan fingerprint density at radius 3 is 1.90 bits per heavy atom. The number of hydrogen-bond donors (Lipinski definition) is 1. The largest absolute Gasteiger partial charge is 0.478 e. The van der Waals surface area contributed by atoms with Crippen LogP contribution >= 0.6 is 0 Å². The Hall–Kier alpha value is -0.790. The van der Waals surface area contributed by atoms with Crippen LogP contribution < -0.4 is 0 Å². The highest BCUT2D eigenvalue weighted by molar-refractivity contribution is 5.87. The summed E-state index contributed by atoms with van der Waals surface area (Å²) in [6.45, 7) is 8.69. The molecular formula is C19H36O2. The van der Waals surface area contributed by atoms with E-state index in [1.807, 2.05) is 0 Å². The predicted molar refractivity (Wildman–Crippen MR) is 91.6 cm³/mol. The summed E-state index contributed by atoms with van der Waals surface area (Å²) in [5.74, 6) is -0.0376. The smallest absolute Gasteiger partial charge is 0.331 e. The van der Waals surface area contributed by atoms with E-state index in [9.17, 15) is 9.90 Å². The summed E-state index contributed by atoms with van der Waals surface area (Å²) in [6, 6.07) is 0. The molecule has 0 aromatic carbocycles. The van der Waals surface area contributed by atoms with Crippen molar-refractivity contribution in [3.05, 3.63) is 11.6 Å². The topological polar surface area (TPSA) is 37.3 Å². The van der Waals surface area contributed by atoms with Gasteiger partial charge < -0.3 is 5.11 Å². The van der Waals surface area contributed by atoms with Gasteiger partial charge in [0.15, 0.2) is 0 Å². The molecule has 0 saturated heterocycles. The molecule has 0 aromatic heterocycles. The van der Waals surface area contributed by atoms with Crippen molar-refractivity contribution in [3.63, 3.8) is 0 Å². The van der Waals surface area contributed by atoms with E-state index in [1.54, 1.807) is 0 Å². The fourth-order valence-corrected chi connectivity index (χ4v) is 2.92. The number of aliphatic carboxylic acids is 1. The number of hydrogen-bond acceptors (Lipinski definition) is 1. The summed E-state index contributed by atoms with van der Waals surface area (Å²) in [6.07, 6.45) is 13.4. The van der Waals surface area contributed by atoms with Crippen LogP contribution in [0.5, 0.6) is 0 Å². The number of carboxylic acids is 1. The minimum atomic E-state index is -0.702. The van der Waals surface area contributed by atoms with Gasteiger partial charge in [0.2, 0.25) is 0 Å². The third kappa shape index (κ3) is 8.95. The lowest BCUT2D eigenvalue weighted by atomic mass is 9.86. The SMILES string of the molecule is CCCCCC(/C=C(\C(=O)O)C(CC)CCCCC)CC. The number of allylic oxidation sites excluding steroid dienone is 1. The van der Waals surface area contributed by atoms with Crippen molar-refractivity contribution in [1.82, 2.24) is 0 Å². The van der Waals surface area contributed by atoms with Crippen LogP contribution in [0.2, 0.25) is 0 Å². The molecule has 0 heterocycles. The Kier molecular flexibility index (Phi) is 12.4. The monoisotopic (exact) mass is 296 g/mol. The minimum absolute atomic E-state index is 0.231. The first-order valence-electron chi connectivity index (χ1n) is 9.05. The zero-order chi connectivity index (χ0) is 16.1. The van der Waals surface area contributed by atoms with Gasteiger partial charge >= 0.3 is 5.97 Å². The molecule has 2 heteroatoms. The average Bonchev–Trinajstić information content (AvgIpc) is 2.48. The summed E-state index contributed by atoms with van der Waals surface area (Å²) in [5.41, 5.74) is 0.678. The van der Waals surface area contributed by atoms with Gasteiger partial charge in [-0.3, -0.25) is 0 Å². The van der Waals surface area contributed by atoms with Crippen molar-refractivity contribution in [2.45, 2.75) is 91.9 Å². The van der Waals surface area contributed by atoms with Gasteiger partial charge in [-0.1, -0.05) is 72.3 Å². The van der Waals surface area contributed by atoms with E-state index in [0.717, 1.165) is 32.1 Å². The number of carboxylic acid groups (broad SMARTS) is 1. The van der Waals surface area contributed by atoms with Crippen LogP contribution in [-0.2, 0) is 4.79 Å². The average molecular weight is 296 g/mol. The molecule has 124 valence electrons. The lowest BCUT2D eigenvalue weighted by molar-refractivity contribution is -0.133. The molecule has 0 aromatic rings. The van der Waals surface area contributed by atoms with Crippen molar-refractivity contribution < 1.29 is 9.90 Å². The van der Waals surface area contributed by atoms with Crippen molar-refractivity contribution in [2.24, 2.45) is 11.8 Å². The Balaban J connectivity index is 4.78. The highest BCUT2D eigenvalue weighted by atomic mass is 16.4. The quantitative estimate of drug-likeness (QED) is 0.324. The molecule has 0 aliphatic rings. The third-order valence-corrected chi connectivity index (χ3v) is 4.45. The van der Waals surface area contributed by atoms with E-state index in [0.29, 0.717) is 11.5 Å². The highest BCUT2D eigenvalue weighted by Crippen LogP contribution is 2.26. The van der Waals surface area contributed by atoms with E-state index >= 15 is 0 Å². The van der Waals surface area contributed by atoms with Crippen LogP contribution in [-0.4, -0.2) is 11.1 Å². The van der Waals surface area contributed by atoms with Crippen molar-refractivity contribution >= 4 is 5.97 Å². The van der Waals surface area contributed by atoms with Gasteiger partial charge in [0.1, 0.15) is 0 Å². The van der Waals surface area contributed by atoms with Crippen LogP contribution in [0.1, 0.15) is 91.9 Å². The molecule has 21 heavy (non-hydrogen) atoms. The van der Waals surface area contributed by atoms with Crippen LogP contribution in [0.15, 0.2) is 11.6 Å². The predicted octanol–water partition coefficient (Wildman–Crippen LogP) is 6.21. The second kappa shape index (κ2) is 12.9. The molecule has 0 radical (unpaired) electrons.